The molecule has 5 rings (SSSR count). The van der Waals surface area contributed by atoms with Gasteiger partial charge in [0.05, 0.1) is 35.1 Å². The summed E-state index contributed by atoms with van der Waals surface area (Å²) in [6.07, 6.45) is 4.34. The first-order valence-electron chi connectivity index (χ1n) is 8.64. The summed E-state index contributed by atoms with van der Waals surface area (Å²) in [6.45, 7) is 0. The lowest BCUT2D eigenvalue weighted by atomic mass is 10.1. The van der Waals surface area contributed by atoms with Gasteiger partial charge in [0.2, 0.25) is 0 Å². The predicted octanol–water partition coefficient (Wildman–Crippen LogP) is 4.24. The van der Waals surface area contributed by atoms with Crippen LogP contribution in [-0.4, -0.2) is 25.9 Å². The van der Waals surface area contributed by atoms with E-state index in [4.69, 9.17) is 4.42 Å². The number of nitrogens with zero attached hydrogens (tertiary/aromatic N) is 3. The van der Waals surface area contributed by atoms with Gasteiger partial charge in [-0.05, 0) is 24.3 Å². The highest BCUT2D eigenvalue weighted by Gasteiger charge is 2.22. The van der Waals surface area contributed by atoms with Crippen molar-refractivity contribution in [3.8, 4) is 11.3 Å². The molecule has 0 atom stereocenters. The zero-order chi connectivity index (χ0) is 20.1. The van der Waals surface area contributed by atoms with Gasteiger partial charge in [0, 0.05) is 29.8 Å². The lowest BCUT2D eigenvalue weighted by molar-refractivity contribution is 0.101. The van der Waals surface area contributed by atoms with Gasteiger partial charge in [0.25, 0.3) is 5.91 Å². The van der Waals surface area contributed by atoms with E-state index in [9.17, 15) is 13.6 Å². The number of hydrogen-bond acceptors (Lipinski definition) is 4. The fourth-order valence-corrected chi connectivity index (χ4v) is 3.33. The van der Waals surface area contributed by atoms with E-state index in [0.29, 0.717) is 11.4 Å². The number of aromatic nitrogens is 4. The Labute approximate surface area is 161 Å². The fourth-order valence-electron chi connectivity index (χ4n) is 3.33. The highest BCUT2D eigenvalue weighted by molar-refractivity contribution is 6.08. The Morgan fingerprint density at radius 1 is 1.21 bits per heavy atom. The van der Waals surface area contributed by atoms with E-state index < -0.39 is 23.1 Å². The number of H-pyrrole nitrogens is 1. The van der Waals surface area contributed by atoms with E-state index in [-0.39, 0.29) is 10.9 Å². The molecule has 9 heteroatoms. The quantitative estimate of drug-likeness (QED) is 0.480. The Morgan fingerprint density at radius 2 is 2.07 bits per heavy atom. The molecule has 0 radical (unpaired) electrons. The zero-order valence-corrected chi connectivity index (χ0v) is 15.0. The summed E-state index contributed by atoms with van der Waals surface area (Å²) in [5, 5.41) is 14.4. The topological polar surface area (TPSA) is 88.7 Å². The molecule has 0 unspecified atom stereocenters. The molecule has 0 aliphatic heterocycles. The highest BCUT2D eigenvalue weighted by Crippen LogP contribution is 2.29. The van der Waals surface area contributed by atoms with E-state index in [2.05, 4.69) is 20.6 Å². The van der Waals surface area contributed by atoms with Crippen LogP contribution < -0.4 is 5.32 Å². The maximum atomic E-state index is 14.8. The Balaban J connectivity index is 1.53. The summed E-state index contributed by atoms with van der Waals surface area (Å²) in [5.74, 6) is -2.80. The molecule has 144 valence electrons. The van der Waals surface area contributed by atoms with Crippen molar-refractivity contribution >= 4 is 33.4 Å². The van der Waals surface area contributed by atoms with E-state index in [0.717, 1.165) is 22.5 Å². The van der Waals surface area contributed by atoms with Crippen LogP contribution in [0.15, 0.2) is 53.5 Å². The Bertz CT molecular complexity index is 1390. The number of nitrogens with one attached hydrogen (secondary N) is 2. The van der Waals surface area contributed by atoms with Crippen LogP contribution in [0.4, 0.5) is 14.5 Å². The van der Waals surface area contributed by atoms with Crippen LogP contribution in [0.3, 0.4) is 0 Å². The molecule has 5 aromatic rings. The minimum absolute atomic E-state index is 0.0755. The van der Waals surface area contributed by atoms with Gasteiger partial charge in [-0.15, -0.1) is 0 Å². The lowest BCUT2D eigenvalue weighted by Gasteiger charge is -2.09. The highest BCUT2D eigenvalue weighted by atomic mass is 19.1. The van der Waals surface area contributed by atoms with E-state index >= 15 is 0 Å². The number of amides is 1. The van der Waals surface area contributed by atoms with Crippen molar-refractivity contribution in [1.82, 2.24) is 20.0 Å². The van der Waals surface area contributed by atoms with E-state index in [1.807, 2.05) is 0 Å². The SMILES string of the molecule is Cn1ncc2c(F)c(C(=O)Nc3ccc4[nH]nc(-c5ccoc5)c4c3)c(F)cc21. The van der Waals surface area contributed by atoms with Gasteiger partial charge < -0.3 is 9.73 Å². The molecular formula is C20H13F2N5O2. The summed E-state index contributed by atoms with van der Waals surface area (Å²) in [5.41, 5.74) is 2.12. The van der Waals surface area contributed by atoms with Crippen molar-refractivity contribution < 1.29 is 18.0 Å². The predicted molar refractivity (Wildman–Crippen MR) is 102 cm³/mol. The second kappa shape index (κ2) is 6.26. The first-order chi connectivity index (χ1) is 14.0. The van der Waals surface area contributed by atoms with Gasteiger partial charge in [-0.2, -0.15) is 10.2 Å². The third kappa shape index (κ3) is 2.66. The first-order valence-corrected chi connectivity index (χ1v) is 8.64. The van der Waals surface area contributed by atoms with Crippen LogP contribution in [0.5, 0.6) is 0 Å². The summed E-state index contributed by atoms with van der Waals surface area (Å²) < 4.78 is 35.7. The van der Waals surface area contributed by atoms with Crippen LogP contribution in [0.2, 0.25) is 0 Å². The molecule has 29 heavy (non-hydrogen) atoms. The molecule has 3 heterocycles. The summed E-state index contributed by atoms with van der Waals surface area (Å²) in [6, 6.07) is 7.87. The monoisotopic (exact) mass is 393 g/mol. The molecule has 0 saturated carbocycles. The molecule has 0 aliphatic rings. The Kier molecular flexibility index (Phi) is 3.70. The number of hydrogen-bond donors (Lipinski definition) is 2. The average molecular weight is 393 g/mol. The number of anilines is 1. The largest absolute Gasteiger partial charge is 0.472 e. The Morgan fingerprint density at radius 3 is 2.86 bits per heavy atom. The average Bonchev–Trinajstić information content (AvgIpc) is 3.42. The number of fused-ring (bicyclic) bond motifs is 2. The molecule has 0 saturated heterocycles. The molecule has 1 amide bonds. The van der Waals surface area contributed by atoms with Gasteiger partial charge in [0.15, 0.2) is 0 Å². The number of rotatable bonds is 3. The van der Waals surface area contributed by atoms with Crippen LogP contribution in [0, 0.1) is 11.6 Å². The molecule has 0 spiro atoms. The van der Waals surface area contributed by atoms with Gasteiger partial charge in [-0.25, -0.2) is 8.78 Å². The second-order valence-electron chi connectivity index (χ2n) is 6.55. The standard InChI is InChI=1S/C20H13F2N5O2/c1-27-16-7-14(21)17(18(22)13(16)8-23-27)20(28)24-11-2-3-15-12(6-11)19(26-25-15)10-4-5-29-9-10/h2-9H,1H3,(H,24,28)(H,25,26). The van der Waals surface area contributed by atoms with Crippen LogP contribution in [0.1, 0.15) is 10.4 Å². The summed E-state index contributed by atoms with van der Waals surface area (Å²) >= 11 is 0. The van der Waals surface area contributed by atoms with Crippen molar-refractivity contribution in [3.63, 3.8) is 0 Å². The van der Waals surface area contributed by atoms with Crippen molar-refractivity contribution in [3.05, 3.63) is 66.3 Å². The van der Waals surface area contributed by atoms with Crippen LogP contribution in [-0.2, 0) is 7.05 Å². The first kappa shape index (κ1) is 17.1. The number of halogens is 2. The van der Waals surface area contributed by atoms with Crippen molar-refractivity contribution in [2.24, 2.45) is 7.05 Å². The molecule has 0 bridgehead atoms. The van der Waals surface area contributed by atoms with Gasteiger partial charge in [-0.3, -0.25) is 14.6 Å². The van der Waals surface area contributed by atoms with E-state index in [1.54, 1.807) is 37.6 Å². The van der Waals surface area contributed by atoms with E-state index in [1.165, 1.54) is 17.1 Å². The fraction of sp³-hybridized carbons (Fsp3) is 0.0500. The van der Waals surface area contributed by atoms with Gasteiger partial charge >= 0.3 is 0 Å². The number of furan rings is 1. The molecule has 7 nitrogen and oxygen atoms in total. The number of carbonyl (C=O) groups excluding carboxylic acids is 1. The third-order valence-electron chi connectivity index (χ3n) is 4.79. The van der Waals surface area contributed by atoms with Crippen molar-refractivity contribution in [2.75, 3.05) is 5.32 Å². The summed E-state index contributed by atoms with van der Waals surface area (Å²) in [4.78, 5) is 12.6. The van der Waals surface area contributed by atoms with Crippen LogP contribution >= 0.6 is 0 Å². The Hall–Kier alpha value is -4.01. The van der Waals surface area contributed by atoms with Gasteiger partial charge in [-0.1, -0.05) is 0 Å². The smallest absolute Gasteiger partial charge is 0.261 e. The minimum atomic E-state index is -0.959. The molecule has 0 aliphatic carbocycles. The van der Waals surface area contributed by atoms with Crippen LogP contribution in [0.25, 0.3) is 33.1 Å². The maximum Gasteiger partial charge on any atom is 0.261 e. The molecule has 2 aromatic carbocycles. The molecule has 3 aromatic heterocycles. The molecular weight excluding hydrogens is 380 g/mol. The number of aromatic amines is 1. The number of carbonyl (C=O) groups is 1. The normalized spacial score (nSPS) is 11.4. The second-order valence-corrected chi connectivity index (χ2v) is 6.55. The summed E-state index contributed by atoms with van der Waals surface area (Å²) in [7, 11) is 1.57. The number of aryl methyl sites for hydroxylation is 1. The maximum absolute atomic E-state index is 14.8. The minimum Gasteiger partial charge on any atom is -0.472 e. The molecule has 2 N–H and O–H groups in total. The molecule has 0 fully saturated rings. The van der Waals surface area contributed by atoms with Crippen molar-refractivity contribution in [2.45, 2.75) is 0 Å². The van der Waals surface area contributed by atoms with Crippen molar-refractivity contribution in [1.29, 1.82) is 0 Å². The number of benzene rings is 2. The third-order valence-corrected chi connectivity index (χ3v) is 4.79. The van der Waals surface area contributed by atoms with Gasteiger partial charge in [0.1, 0.15) is 22.9 Å². The zero-order valence-electron chi connectivity index (χ0n) is 15.0. The lowest BCUT2D eigenvalue weighted by Crippen LogP contribution is -2.16.